The van der Waals surface area contributed by atoms with E-state index in [4.69, 9.17) is 5.26 Å². The quantitative estimate of drug-likeness (QED) is 0.410. The Morgan fingerprint density at radius 1 is 1.32 bits per heavy atom. The van der Waals surface area contributed by atoms with Gasteiger partial charge in [-0.3, -0.25) is 4.79 Å². The third-order valence-electron chi connectivity index (χ3n) is 4.29. The van der Waals surface area contributed by atoms with Crippen molar-refractivity contribution in [2.45, 2.75) is 34.1 Å². The SMILES string of the molecule is C=C/C=C(C(=O)Nc1ccc(C2=C(C)CCN(C#N)C2)cc1)\C(F)=C/C.CC. The molecule has 0 bridgehead atoms. The predicted molar refractivity (Wildman–Crippen MR) is 114 cm³/mol. The third-order valence-corrected chi connectivity index (χ3v) is 4.29. The van der Waals surface area contributed by atoms with Gasteiger partial charge >= 0.3 is 0 Å². The second kappa shape index (κ2) is 11.6. The molecule has 1 N–H and O–H groups in total. The molecule has 0 saturated carbocycles. The van der Waals surface area contributed by atoms with Crippen LogP contribution in [0.5, 0.6) is 0 Å². The molecule has 0 atom stereocenters. The van der Waals surface area contributed by atoms with Crippen LogP contribution < -0.4 is 5.32 Å². The molecule has 0 radical (unpaired) electrons. The number of hydrogen-bond acceptors (Lipinski definition) is 3. The monoisotopic (exact) mass is 381 g/mol. The highest BCUT2D eigenvalue weighted by atomic mass is 19.1. The van der Waals surface area contributed by atoms with Gasteiger partial charge in [-0.15, -0.1) is 0 Å². The van der Waals surface area contributed by atoms with E-state index in [9.17, 15) is 9.18 Å². The summed E-state index contributed by atoms with van der Waals surface area (Å²) in [5, 5.41) is 11.8. The lowest BCUT2D eigenvalue weighted by atomic mass is 9.95. The highest BCUT2D eigenvalue weighted by Gasteiger charge is 2.17. The summed E-state index contributed by atoms with van der Waals surface area (Å²) in [7, 11) is 0. The van der Waals surface area contributed by atoms with Gasteiger partial charge in [0.25, 0.3) is 5.91 Å². The maximum atomic E-state index is 13.8. The molecule has 0 spiro atoms. The predicted octanol–water partition coefficient (Wildman–Crippen LogP) is 5.60. The first-order valence-electron chi connectivity index (χ1n) is 9.40. The first-order valence-corrected chi connectivity index (χ1v) is 9.40. The molecule has 1 aliphatic heterocycles. The van der Waals surface area contributed by atoms with Crippen LogP contribution in [0.1, 0.15) is 39.7 Å². The normalized spacial score (nSPS) is 14.6. The van der Waals surface area contributed by atoms with Gasteiger partial charge in [0.15, 0.2) is 6.19 Å². The Labute approximate surface area is 167 Å². The Kier molecular flexibility index (Phi) is 9.45. The summed E-state index contributed by atoms with van der Waals surface area (Å²) in [5.74, 6) is -1.13. The molecule has 1 heterocycles. The second-order valence-electron chi connectivity index (χ2n) is 6.01. The summed E-state index contributed by atoms with van der Waals surface area (Å²) in [4.78, 5) is 14.0. The molecule has 1 aliphatic rings. The molecule has 1 amide bonds. The lowest BCUT2D eigenvalue weighted by Gasteiger charge is -2.25. The van der Waals surface area contributed by atoms with Crippen molar-refractivity contribution >= 4 is 17.2 Å². The van der Waals surface area contributed by atoms with E-state index in [1.807, 2.05) is 26.0 Å². The van der Waals surface area contributed by atoms with Gasteiger partial charge in [0.2, 0.25) is 0 Å². The van der Waals surface area contributed by atoms with E-state index in [0.29, 0.717) is 12.2 Å². The topological polar surface area (TPSA) is 56.1 Å². The second-order valence-corrected chi connectivity index (χ2v) is 6.01. The molecule has 1 aromatic carbocycles. The van der Waals surface area contributed by atoms with E-state index in [1.54, 1.807) is 17.0 Å². The van der Waals surface area contributed by atoms with E-state index in [0.717, 1.165) is 24.1 Å². The summed E-state index contributed by atoms with van der Waals surface area (Å²) in [6, 6.07) is 7.35. The number of nitrogens with zero attached hydrogens (tertiary/aromatic N) is 2. The molecule has 0 unspecified atom stereocenters. The van der Waals surface area contributed by atoms with E-state index in [2.05, 4.69) is 25.0 Å². The van der Waals surface area contributed by atoms with Crippen LogP contribution in [-0.2, 0) is 4.79 Å². The Morgan fingerprint density at radius 3 is 2.50 bits per heavy atom. The van der Waals surface area contributed by atoms with Crippen LogP contribution in [0.4, 0.5) is 10.1 Å². The molecular formula is C23H28FN3O. The summed E-state index contributed by atoms with van der Waals surface area (Å²) in [6.07, 6.45) is 7.00. The summed E-state index contributed by atoms with van der Waals surface area (Å²) < 4.78 is 13.8. The lowest BCUT2D eigenvalue weighted by molar-refractivity contribution is -0.112. The number of nitrogens with one attached hydrogen (secondary N) is 1. The Balaban J connectivity index is 0.00000190. The zero-order chi connectivity index (χ0) is 21.1. The molecule has 1 aromatic rings. The number of benzene rings is 1. The van der Waals surface area contributed by atoms with Crippen LogP contribution in [0, 0.1) is 11.5 Å². The van der Waals surface area contributed by atoms with Gasteiger partial charge in [0.1, 0.15) is 5.83 Å². The minimum Gasteiger partial charge on any atom is -0.322 e. The van der Waals surface area contributed by atoms with Crippen molar-refractivity contribution in [1.82, 2.24) is 4.90 Å². The molecule has 0 fully saturated rings. The van der Waals surface area contributed by atoms with Crippen molar-refractivity contribution in [1.29, 1.82) is 5.26 Å². The van der Waals surface area contributed by atoms with Gasteiger partial charge in [-0.25, -0.2) is 4.39 Å². The number of halogens is 1. The van der Waals surface area contributed by atoms with Crippen molar-refractivity contribution in [2.75, 3.05) is 18.4 Å². The maximum Gasteiger partial charge on any atom is 0.258 e. The summed E-state index contributed by atoms with van der Waals surface area (Å²) in [5.41, 5.74) is 3.91. The number of rotatable bonds is 5. The first-order chi connectivity index (χ1) is 13.5. The molecule has 148 valence electrons. The smallest absolute Gasteiger partial charge is 0.258 e. The van der Waals surface area contributed by atoms with Gasteiger partial charge in [0.05, 0.1) is 12.1 Å². The number of carbonyl (C=O) groups is 1. The van der Waals surface area contributed by atoms with Crippen molar-refractivity contribution in [3.8, 4) is 6.19 Å². The molecule has 0 aliphatic carbocycles. The standard InChI is InChI=1S/C21H22FN3O.C2H6/c1-4-6-18(20(22)5-2)21(26)24-17-9-7-16(8-10-17)19-13-25(14-23)12-11-15(19)3;1-2/h4-10H,1,11-13H2,2-3H3,(H,24,26);1-2H3/b18-6+,20-5+;. The van der Waals surface area contributed by atoms with E-state index < -0.39 is 11.7 Å². The Bertz CT molecular complexity index is 826. The van der Waals surface area contributed by atoms with Crippen LogP contribution >= 0.6 is 0 Å². The minimum absolute atomic E-state index is 0.0675. The molecule has 4 nitrogen and oxygen atoms in total. The molecule has 2 rings (SSSR count). The van der Waals surface area contributed by atoms with Gasteiger partial charge in [-0.2, -0.15) is 5.26 Å². The zero-order valence-electron chi connectivity index (χ0n) is 17.1. The lowest BCUT2D eigenvalue weighted by Crippen LogP contribution is -2.26. The summed E-state index contributed by atoms with van der Waals surface area (Å²) >= 11 is 0. The van der Waals surface area contributed by atoms with Gasteiger partial charge < -0.3 is 10.2 Å². The fraction of sp³-hybridized carbons (Fsp3) is 0.304. The highest BCUT2D eigenvalue weighted by Crippen LogP contribution is 2.27. The van der Waals surface area contributed by atoms with Crippen LogP contribution in [-0.4, -0.2) is 23.9 Å². The minimum atomic E-state index is -0.599. The van der Waals surface area contributed by atoms with Crippen LogP contribution in [0.15, 0.2) is 66.0 Å². The largest absolute Gasteiger partial charge is 0.322 e. The van der Waals surface area contributed by atoms with E-state index >= 15 is 0 Å². The number of amides is 1. The molecule has 0 saturated heterocycles. The number of allylic oxidation sites excluding steroid dienone is 3. The van der Waals surface area contributed by atoms with Crippen molar-refractivity contribution in [3.05, 3.63) is 71.6 Å². The van der Waals surface area contributed by atoms with E-state index in [1.165, 1.54) is 30.7 Å². The van der Waals surface area contributed by atoms with Crippen LogP contribution in [0.2, 0.25) is 0 Å². The van der Waals surface area contributed by atoms with Crippen LogP contribution in [0.3, 0.4) is 0 Å². The zero-order valence-corrected chi connectivity index (χ0v) is 17.1. The third kappa shape index (κ3) is 5.95. The average molecular weight is 381 g/mol. The number of nitriles is 1. The Hall–Kier alpha value is -3.13. The van der Waals surface area contributed by atoms with Gasteiger partial charge in [-0.05, 0) is 49.6 Å². The fourth-order valence-electron chi connectivity index (χ4n) is 2.77. The molecular weight excluding hydrogens is 353 g/mol. The summed E-state index contributed by atoms with van der Waals surface area (Å²) in [6.45, 7) is 12.4. The fourth-order valence-corrected chi connectivity index (χ4v) is 2.77. The van der Waals surface area contributed by atoms with Crippen LogP contribution in [0.25, 0.3) is 5.57 Å². The number of hydrogen-bond donors (Lipinski definition) is 1. The average Bonchev–Trinajstić information content (AvgIpc) is 2.74. The number of carbonyl (C=O) groups excluding carboxylic acids is 1. The molecule has 0 aromatic heterocycles. The van der Waals surface area contributed by atoms with Crippen molar-refractivity contribution in [3.63, 3.8) is 0 Å². The van der Waals surface area contributed by atoms with Gasteiger partial charge in [-0.1, -0.05) is 50.3 Å². The maximum absolute atomic E-state index is 13.8. The van der Waals surface area contributed by atoms with E-state index in [-0.39, 0.29) is 5.57 Å². The first kappa shape index (κ1) is 22.9. The van der Waals surface area contributed by atoms with Crippen molar-refractivity contribution in [2.24, 2.45) is 0 Å². The van der Waals surface area contributed by atoms with Gasteiger partial charge in [0, 0.05) is 12.2 Å². The van der Waals surface area contributed by atoms with Crippen molar-refractivity contribution < 1.29 is 9.18 Å². The highest BCUT2D eigenvalue weighted by molar-refractivity contribution is 6.06. The molecule has 28 heavy (non-hydrogen) atoms. The number of anilines is 1. The molecule has 5 heteroatoms. The Morgan fingerprint density at radius 2 is 1.96 bits per heavy atom.